The normalized spacial score (nSPS) is 10.9. The van der Waals surface area contributed by atoms with Gasteiger partial charge in [0.05, 0.1) is 0 Å². The van der Waals surface area contributed by atoms with Crippen LogP contribution in [0.2, 0.25) is 0 Å². The smallest absolute Gasteiger partial charge is 0.0462 e. The van der Waals surface area contributed by atoms with Gasteiger partial charge in [-0.3, -0.25) is 4.98 Å². The van der Waals surface area contributed by atoms with E-state index in [4.69, 9.17) is 0 Å². The van der Waals surface area contributed by atoms with Crippen LogP contribution >= 0.6 is 0 Å². The minimum atomic E-state index is 0.522. The molecule has 0 unspecified atom stereocenters. The summed E-state index contributed by atoms with van der Waals surface area (Å²) < 4.78 is 0. The summed E-state index contributed by atoms with van der Waals surface area (Å²) in [5, 5.41) is 0. The Balaban J connectivity index is 3.54. The van der Waals surface area contributed by atoms with Crippen LogP contribution in [0.25, 0.3) is 0 Å². The summed E-state index contributed by atoms with van der Waals surface area (Å²) in [6.07, 6.45) is 0. The first-order valence-corrected chi connectivity index (χ1v) is 5.51. The Morgan fingerprint density at radius 3 is 1.93 bits per heavy atom. The van der Waals surface area contributed by atoms with Crippen molar-refractivity contribution in [1.29, 1.82) is 0 Å². The zero-order valence-electron chi connectivity index (χ0n) is 11.0. The molecule has 0 saturated heterocycles. The molecule has 0 fully saturated rings. The van der Waals surface area contributed by atoms with E-state index < -0.39 is 0 Å². The molecule has 0 radical (unpaired) electrons. The average Bonchev–Trinajstić information content (AvgIpc) is 2.09. The summed E-state index contributed by atoms with van der Waals surface area (Å²) in [6, 6.07) is 0. The maximum absolute atomic E-state index is 4.61. The van der Waals surface area contributed by atoms with E-state index in [0.29, 0.717) is 5.92 Å². The lowest BCUT2D eigenvalue weighted by molar-refractivity contribution is 0.826. The number of hydrogen-bond donors (Lipinski definition) is 0. The first kappa shape index (κ1) is 12.0. The minimum absolute atomic E-state index is 0.522. The van der Waals surface area contributed by atoms with Crippen LogP contribution in [0.15, 0.2) is 0 Å². The molecule has 1 heterocycles. The third-order valence-electron chi connectivity index (χ3n) is 2.90. The average molecular weight is 206 g/mol. The molecule has 2 heteroatoms. The van der Waals surface area contributed by atoms with Gasteiger partial charge < -0.3 is 4.90 Å². The Hall–Kier alpha value is -1.05. The molecule has 15 heavy (non-hydrogen) atoms. The summed E-state index contributed by atoms with van der Waals surface area (Å²) in [6.45, 7) is 10.8. The number of anilines is 1. The molecule has 0 N–H and O–H groups in total. The van der Waals surface area contributed by atoms with Gasteiger partial charge in [0, 0.05) is 31.2 Å². The van der Waals surface area contributed by atoms with E-state index >= 15 is 0 Å². The van der Waals surface area contributed by atoms with Crippen LogP contribution in [0.3, 0.4) is 0 Å². The second-order valence-corrected chi connectivity index (χ2v) is 4.72. The van der Waals surface area contributed by atoms with Gasteiger partial charge in [-0.2, -0.15) is 0 Å². The molecule has 0 aromatic carbocycles. The van der Waals surface area contributed by atoms with Crippen molar-refractivity contribution in [3.05, 3.63) is 22.5 Å². The van der Waals surface area contributed by atoms with Crippen LogP contribution in [-0.2, 0) is 0 Å². The lowest BCUT2D eigenvalue weighted by atomic mass is 9.95. The fraction of sp³-hybridized carbons (Fsp3) is 0.615. The number of aromatic nitrogens is 1. The van der Waals surface area contributed by atoms with Crippen LogP contribution in [0.4, 0.5) is 5.69 Å². The van der Waals surface area contributed by atoms with Gasteiger partial charge >= 0.3 is 0 Å². The van der Waals surface area contributed by atoms with E-state index in [2.05, 4.69) is 58.6 Å². The molecule has 1 aromatic heterocycles. The SMILES string of the molecule is Cc1nc(C)c(C(C)C)c(N(C)C)c1C. The van der Waals surface area contributed by atoms with Crippen molar-refractivity contribution in [2.45, 2.75) is 40.5 Å². The summed E-state index contributed by atoms with van der Waals surface area (Å²) in [7, 11) is 4.21. The van der Waals surface area contributed by atoms with E-state index in [1.54, 1.807) is 0 Å². The molecule has 0 spiro atoms. The van der Waals surface area contributed by atoms with E-state index in [1.165, 1.54) is 16.8 Å². The highest BCUT2D eigenvalue weighted by molar-refractivity contribution is 5.62. The monoisotopic (exact) mass is 206 g/mol. The van der Waals surface area contributed by atoms with Gasteiger partial charge in [-0.15, -0.1) is 0 Å². The maximum Gasteiger partial charge on any atom is 0.0462 e. The Morgan fingerprint density at radius 1 is 1.00 bits per heavy atom. The third kappa shape index (κ3) is 2.14. The van der Waals surface area contributed by atoms with E-state index in [1.807, 2.05) is 0 Å². The second kappa shape index (κ2) is 4.21. The first-order valence-electron chi connectivity index (χ1n) is 5.51. The van der Waals surface area contributed by atoms with Gasteiger partial charge in [0.25, 0.3) is 0 Å². The van der Waals surface area contributed by atoms with Crippen molar-refractivity contribution < 1.29 is 0 Å². The predicted molar refractivity (Wildman–Crippen MR) is 66.9 cm³/mol. The van der Waals surface area contributed by atoms with Gasteiger partial charge in [-0.05, 0) is 37.8 Å². The van der Waals surface area contributed by atoms with Crippen molar-refractivity contribution in [2.24, 2.45) is 0 Å². The van der Waals surface area contributed by atoms with Crippen LogP contribution < -0.4 is 4.90 Å². The Bertz CT molecular complexity index is 365. The van der Waals surface area contributed by atoms with Crippen LogP contribution in [0.5, 0.6) is 0 Å². The summed E-state index contributed by atoms with van der Waals surface area (Å²) in [5.74, 6) is 0.522. The summed E-state index contributed by atoms with van der Waals surface area (Å²) in [4.78, 5) is 6.81. The van der Waals surface area contributed by atoms with Crippen molar-refractivity contribution >= 4 is 5.69 Å². The van der Waals surface area contributed by atoms with Crippen LogP contribution in [-0.4, -0.2) is 19.1 Å². The van der Waals surface area contributed by atoms with Gasteiger partial charge in [-0.1, -0.05) is 13.8 Å². The molecule has 0 aliphatic rings. The molecule has 1 rings (SSSR count). The van der Waals surface area contributed by atoms with Crippen LogP contribution in [0.1, 0.15) is 42.3 Å². The van der Waals surface area contributed by atoms with E-state index in [-0.39, 0.29) is 0 Å². The Kier molecular flexibility index (Phi) is 3.38. The molecule has 0 atom stereocenters. The molecule has 0 aliphatic heterocycles. The van der Waals surface area contributed by atoms with Crippen molar-refractivity contribution in [3.8, 4) is 0 Å². The number of aryl methyl sites for hydroxylation is 2. The molecular formula is C13H22N2. The lowest BCUT2D eigenvalue weighted by Crippen LogP contribution is -2.16. The number of pyridine rings is 1. The van der Waals surface area contributed by atoms with E-state index in [9.17, 15) is 0 Å². The minimum Gasteiger partial charge on any atom is -0.377 e. The quantitative estimate of drug-likeness (QED) is 0.738. The molecule has 84 valence electrons. The molecule has 0 amide bonds. The van der Waals surface area contributed by atoms with Crippen molar-refractivity contribution in [3.63, 3.8) is 0 Å². The maximum atomic E-state index is 4.61. The highest BCUT2D eigenvalue weighted by Gasteiger charge is 2.16. The third-order valence-corrected chi connectivity index (χ3v) is 2.90. The first-order chi connectivity index (χ1) is 6.86. The van der Waals surface area contributed by atoms with Crippen molar-refractivity contribution in [1.82, 2.24) is 4.98 Å². The van der Waals surface area contributed by atoms with Gasteiger partial charge in [-0.25, -0.2) is 0 Å². The number of hydrogen-bond acceptors (Lipinski definition) is 2. The highest BCUT2D eigenvalue weighted by atomic mass is 15.1. The Labute approximate surface area is 93.3 Å². The van der Waals surface area contributed by atoms with Crippen molar-refractivity contribution in [2.75, 3.05) is 19.0 Å². The molecule has 1 aromatic rings. The number of rotatable bonds is 2. The molecule has 0 aliphatic carbocycles. The lowest BCUT2D eigenvalue weighted by Gasteiger charge is -2.24. The standard InChI is InChI=1S/C13H22N2/c1-8(2)12-11(5)14-10(4)9(3)13(12)15(6)7/h8H,1-7H3. The van der Waals surface area contributed by atoms with E-state index in [0.717, 1.165) is 11.4 Å². The van der Waals surface area contributed by atoms with Crippen LogP contribution in [0, 0.1) is 20.8 Å². The van der Waals surface area contributed by atoms with Gasteiger partial charge in [0.2, 0.25) is 0 Å². The van der Waals surface area contributed by atoms with Gasteiger partial charge in [0.1, 0.15) is 0 Å². The zero-order chi connectivity index (χ0) is 11.7. The molecule has 0 saturated carbocycles. The largest absolute Gasteiger partial charge is 0.377 e. The second-order valence-electron chi connectivity index (χ2n) is 4.72. The molecular weight excluding hydrogens is 184 g/mol. The molecule has 0 bridgehead atoms. The van der Waals surface area contributed by atoms with Gasteiger partial charge in [0.15, 0.2) is 0 Å². The predicted octanol–water partition coefficient (Wildman–Crippen LogP) is 3.20. The zero-order valence-corrected chi connectivity index (χ0v) is 11.0. The summed E-state index contributed by atoms with van der Waals surface area (Å²) in [5.41, 5.74) is 6.32. The highest BCUT2D eigenvalue weighted by Crippen LogP contribution is 2.32. The topological polar surface area (TPSA) is 16.1 Å². The molecule has 2 nitrogen and oxygen atoms in total. The Morgan fingerprint density at radius 2 is 1.53 bits per heavy atom. The fourth-order valence-corrected chi connectivity index (χ4v) is 2.21. The summed E-state index contributed by atoms with van der Waals surface area (Å²) >= 11 is 0. The number of nitrogens with zero attached hydrogens (tertiary/aromatic N) is 2. The fourth-order valence-electron chi connectivity index (χ4n) is 2.21.